The maximum Gasteiger partial charge on any atom is 0.322 e. The van der Waals surface area contributed by atoms with Gasteiger partial charge in [0.1, 0.15) is 11.9 Å². The van der Waals surface area contributed by atoms with Crippen molar-refractivity contribution in [3.8, 4) is 0 Å². The SMILES string of the molecule is O=C(NC1CCCCC1)[C@@H]1CCCN1C(=O)Nc1cccc(F)c1. The molecule has 0 unspecified atom stereocenters. The fraction of sp³-hybridized carbons (Fsp3) is 0.556. The Bertz CT molecular complexity index is 602. The molecule has 24 heavy (non-hydrogen) atoms. The number of urea groups is 1. The highest BCUT2D eigenvalue weighted by atomic mass is 19.1. The highest BCUT2D eigenvalue weighted by molar-refractivity contribution is 5.94. The number of benzene rings is 1. The molecule has 0 bridgehead atoms. The Labute approximate surface area is 141 Å². The first-order valence-corrected chi connectivity index (χ1v) is 8.77. The molecule has 1 atom stereocenters. The van der Waals surface area contributed by atoms with Gasteiger partial charge in [0.05, 0.1) is 0 Å². The number of rotatable bonds is 3. The summed E-state index contributed by atoms with van der Waals surface area (Å²) in [5.74, 6) is -0.463. The zero-order valence-corrected chi connectivity index (χ0v) is 13.8. The molecule has 1 aliphatic heterocycles. The molecule has 1 saturated heterocycles. The molecule has 2 aliphatic rings. The molecule has 1 aliphatic carbocycles. The summed E-state index contributed by atoms with van der Waals surface area (Å²) in [7, 11) is 0. The van der Waals surface area contributed by atoms with E-state index in [2.05, 4.69) is 10.6 Å². The van der Waals surface area contributed by atoms with Crippen molar-refractivity contribution < 1.29 is 14.0 Å². The molecule has 0 radical (unpaired) electrons. The molecule has 1 aromatic rings. The lowest BCUT2D eigenvalue weighted by molar-refractivity contribution is -0.125. The van der Waals surface area contributed by atoms with Crippen molar-refractivity contribution in [3.05, 3.63) is 30.1 Å². The highest BCUT2D eigenvalue weighted by Gasteiger charge is 2.35. The van der Waals surface area contributed by atoms with Crippen LogP contribution in [-0.2, 0) is 4.79 Å². The van der Waals surface area contributed by atoms with E-state index in [0.717, 1.165) is 32.1 Å². The van der Waals surface area contributed by atoms with Crippen molar-refractivity contribution in [2.45, 2.75) is 57.0 Å². The van der Waals surface area contributed by atoms with Gasteiger partial charge < -0.3 is 15.5 Å². The smallest absolute Gasteiger partial charge is 0.322 e. The van der Waals surface area contributed by atoms with Crippen LogP contribution in [0.4, 0.5) is 14.9 Å². The van der Waals surface area contributed by atoms with Gasteiger partial charge in [0, 0.05) is 18.3 Å². The van der Waals surface area contributed by atoms with Crippen molar-refractivity contribution in [1.29, 1.82) is 0 Å². The van der Waals surface area contributed by atoms with Crippen LogP contribution < -0.4 is 10.6 Å². The minimum absolute atomic E-state index is 0.0613. The number of hydrogen-bond donors (Lipinski definition) is 2. The summed E-state index contributed by atoms with van der Waals surface area (Å²) in [6, 6.07) is 5.23. The Kier molecular flexibility index (Phi) is 5.33. The number of nitrogens with zero attached hydrogens (tertiary/aromatic N) is 1. The van der Waals surface area contributed by atoms with E-state index in [1.807, 2.05) is 0 Å². The second kappa shape index (κ2) is 7.64. The first-order valence-electron chi connectivity index (χ1n) is 8.77. The molecular formula is C18H24FN3O2. The van der Waals surface area contributed by atoms with Crippen molar-refractivity contribution in [2.75, 3.05) is 11.9 Å². The van der Waals surface area contributed by atoms with Gasteiger partial charge in [-0.1, -0.05) is 25.3 Å². The Balaban J connectivity index is 1.59. The van der Waals surface area contributed by atoms with Crippen LogP contribution in [0.5, 0.6) is 0 Å². The first kappa shape index (κ1) is 16.7. The number of hydrogen-bond acceptors (Lipinski definition) is 2. The molecule has 3 amide bonds. The van der Waals surface area contributed by atoms with Crippen LogP contribution in [0.25, 0.3) is 0 Å². The van der Waals surface area contributed by atoms with Crippen molar-refractivity contribution in [3.63, 3.8) is 0 Å². The first-order chi connectivity index (χ1) is 11.6. The maximum atomic E-state index is 13.2. The largest absolute Gasteiger partial charge is 0.352 e. The third kappa shape index (κ3) is 4.04. The van der Waals surface area contributed by atoms with E-state index in [1.54, 1.807) is 17.0 Å². The van der Waals surface area contributed by atoms with Crippen molar-refractivity contribution >= 4 is 17.6 Å². The molecular weight excluding hydrogens is 309 g/mol. The van der Waals surface area contributed by atoms with Gasteiger partial charge in [-0.3, -0.25) is 4.79 Å². The fourth-order valence-electron chi connectivity index (χ4n) is 3.59. The van der Waals surface area contributed by atoms with Crippen LogP contribution in [0.15, 0.2) is 24.3 Å². The van der Waals surface area contributed by atoms with Gasteiger partial charge in [-0.15, -0.1) is 0 Å². The van der Waals surface area contributed by atoms with Crippen LogP contribution in [0.3, 0.4) is 0 Å². The molecule has 1 saturated carbocycles. The third-order valence-electron chi connectivity index (χ3n) is 4.84. The topological polar surface area (TPSA) is 61.4 Å². The van der Waals surface area contributed by atoms with Gasteiger partial charge in [0.2, 0.25) is 5.91 Å². The Hall–Kier alpha value is -2.11. The Morgan fingerprint density at radius 3 is 2.62 bits per heavy atom. The van der Waals surface area contributed by atoms with E-state index in [9.17, 15) is 14.0 Å². The van der Waals surface area contributed by atoms with Crippen LogP contribution in [0, 0.1) is 5.82 Å². The van der Waals surface area contributed by atoms with Crippen LogP contribution in [-0.4, -0.2) is 35.5 Å². The van der Waals surface area contributed by atoms with E-state index in [0.29, 0.717) is 18.7 Å². The fourth-order valence-corrected chi connectivity index (χ4v) is 3.59. The summed E-state index contributed by atoms with van der Waals surface area (Å²) in [6.45, 7) is 0.546. The normalized spacial score (nSPS) is 21.5. The molecule has 2 fully saturated rings. The van der Waals surface area contributed by atoms with Gasteiger partial charge in [-0.05, 0) is 43.9 Å². The predicted molar refractivity (Wildman–Crippen MR) is 90.2 cm³/mol. The van der Waals surface area contributed by atoms with Gasteiger partial charge >= 0.3 is 6.03 Å². The molecule has 6 heteroatoms. The Morgan fingerprint density at radius 2 is 1.88 bits per heavy atom. The molecule has 0 aromatic heterocycles. The number of halogens is 1. The number of carbonyl (C=O) groups is 2. The summed E-state index contributed by atoms with van der Waals surface area (Å²) in [6.07, 6.45) is 7.06. The third-order valence-corrected chi connectivity index (χ3v) is 4.84. The lowest BCUT2D eigenvalue weighted by Crippen LogP contribution is -2.50. The van der Waals surface area contributed by atoms with Crippen molar-refractivity contribution in [1.82, 2.24) is 10.2 Å². The molecule has 5 nitrogen and oxygen atoms in total. The number of nitrogens with one attached hydrogen (secondary N) is 2. The van der Waals surface area contributed by atoms with E-state index in [-0.39, 0.29) is 18.0 Å². The standard InChI is InChI=1S/C18H24FN3O2/c19-13-6-4-9-15(12-13)21-18(24)22-11-5-10-16(22)17(23)20-14-7-2-1-3-8-14/h4,6,9,12,14,16H,1-3,5,7-8,10-11H2,(H,20,23)(H,21,24)/t16-/m0/s1. The second-order valence-electron chi connectivity index (χ2n) is 6.64. The molecule has 130 valence electrons. The average molecular weight is 333 g/mol. The molecule has 1 aromatic carbocycles. The minimum atomic E-state index is -0.430. The number of carbonyl (C=O) groups excluding carboxylic acids is 2. The maximum absolute atomic E-state index is 13.2. The quantitative estimate of drug-likeness (QED) is 0.892. The van der Waals surface area contributed by atoms with Gasteiger partial charge in [-0.25, -0.2) is 9.18 Å². The Morgan fingerprint density at radius 1 is 1.08 bits per heavy atom. The lowest BCUT2D eigenvalue weighted by Gasteiger charge is -2.28. The monoisotopic (exact) mass is 333 g/mol. The van der Waals surface area contributed by atoms with Gasteiger partial charge in [0.15, 0.2) is 0 Å². The van der Waals surface area contributed by atoms with E-state index in [4.69, 9.17) is 0 Å². The average Bonchev–Trinajstić information content (AvgIpc) is 3.06. The molecule has 3 rings (SSSR count). The van der Waals surface area contributed by atoms with Gasteiger partial charge in [-0.2, -0.15) is 0 Å². The minimum Gasteiger partial charge on any atom is -0.352 e. The van der Waals surface area contributed by atoms with Crippen LogP contribution in [0.2, 0.25) is 0 Å². The van der Waals surface area contributed by atoms with Crippen LogP contribution >= 0.6 is 0 Å². The van der Waals surface area contributed by atoms with Crippen LogP contribution in [0.1, 0.15) is 44.9 Å². The zero-order valence-electron chi connectivity index (χ0n) is 13.8. The van der Waals surface area contributed by atoms with E-state index in [1.165, 1.54) is 18.6 Å². The molecule has 1 heterocycles. The zero-order chi connectivity index (χ0) is 16.9. The van der Waals surface area contributed by atoms with E-state index < -0.39 is 11.9 Å². The summed E-state index contributed by atoms with van der Waals surface area (Å²) >= 11 is 0. The van der Waals surface area contributed by atoms with E-state index >= 15 is 0 Å². The summed E-state index contributed by atoms with van der Waals surface area (Å²) in [5.41, 5.74) is 0.401. The summed E-state index contributed by atoms with van der Waals surface area (Å²) in [4.78, 5) is 26.5. The summed E-state index contributed by atoms with van der Waals surface area (Å²) in [5, 5.41) is 5.78. The lowest BCUT2D eigenvalue weighted by atomic mass is 9.95. The highest BCUT2D eigenvalue weighted by Crippen LogP contribution is 2.22. The summed E-state index contributed by atoms with van der Waals surface area (Å²) < 4.78 is 13.2. The number of anilines is 1. The molecule has 0 spiro atoms. The number of likely N-dealkylation sites (tertiary alicyclic amines) is 1. The molecule has 2 N–H and O–H groups in total. The van der Waals surface area contributed by atoms with Crippen molar-refractivity contribution in [2.24, 2.45) is 0 Å². The number of amides is 3. The van der Waals surface area contributed by atoms with Gasteiger partial charge in [0.25, 0.3) is 0 Å². The predicted octanol–water partition coefficient (Wildman–Crippen LogP) is 3.27. The second-order valence-corrected chi connectivity index (χ2v) is 6.64.